The average Bonchev–Trinajstić information content (AvgIpc) is 2.73. The normalized spacial score (nSPS) is 15.9. The molecule has 0 aliphatic carbocycles. The second-order valence-electron chi connectivity index (χ2n) is 6.29. The first kappa shape index (κ1) is 21.0. The SMILES string of the molecule is COC(=O)C1=C(C)OC(N)=C(C#N)[C@H]1c1ccccc1OC(=O)c1ccccc1Cl. The number of nitrogens with two attached hydrogens (primary N) is 1. The number of halogens is 1. The van der Waals surface area contributed by atoms with Gasteiger partial charge in [-0.3, -0.25) is 0 Å². The van der Waals surface area contributed by atoms with Crippen LogP contribution in [-0.2, 0) is 14.3 Å². The Balaban J connectivity index is 2.11. The van der Waals surface area contributed by atoms with E-state index in [2.05, 4.69) is 0 Å². The molecule has 0 fully saturated rings. The number of benzene rings is 2. The molecule has 0 aromatic heterocycles. The third-order valence-electron chi connectivity index (χ3n) is 4.54. The summed E-state index contributed by atoms with van der Waals surface area (Å²) in [5.41, 5.74) is 6.54. The molecule has 0 saturated carbocycles. The lowest BCUT2D eigenvalue weighted by Gasteiger charge is -2.27. The van der Waals surface area contributed by atoms with Crippen LogP contribution in [0, 0.1) is 11.3 Å². The van der Waals surface area contributed by atoms with E-state index in [1.54, 1.807) is 49.4 Å². The Hall–Kier alpha value is -3.76. The van der Waals surface area contributed by atoms with E-state index in [1.165, 1.54) is 13.2 Å². The Morgan fingerprint density at radius 2 is 1.80 bits per heavy atom. The molecule has 0 bridgehead atoms. The molecule has 0 radical (unpaired) electrons. The first-order valence-electron chi connectivity index (χ1n) is 8.81. The van der Waals surface area contributed by atoms with Gasteiger partial charge in [0, 0.05) is 5.56 Å². The Bertz CT molecular complexity index is 1130. The Morgan fingerprint density at radius 1 is 1.13 bits per heavy atom. The van der Waals surface area contributed by atoms with E-state index in [-0.39, 0.29) is 39.1 Å². The highest BCUT2D eigenvalue weighted by Crippen LogP contribution is 2.43. The number of allylic oxidation sites excluding steroid dienone is 2. The highest BCUT2D eigenvalue weighted by atomic mass is 35.5. The lowest BCUT2D eigenvalue weighted by molar-refractivity contribution is -0.136. The zero-order valence-corrected chi connectivity index (χ0v) is 16.9. The fraction of sp³-hybridized carbons (Fsp3) is 0.136. The van der Waals surface area contributed by atoms with Crippen molar-refractivity contribution in [1.29, 1.82) is 5.26 Å². The third kappa shape index (κ3) is 3.86. The van der Waals surface area contributed by atoms with Crippen molar-refractivity contribution in [1.82, 2.24) is 0 Å². The molecule has 0 spiro atoms. The van der Waals surface area contributed by atoms with Crippen LogP contribution in [0.5, 0.6) is 5.75 Å². The molecule has 1 atom stereocenters. The lowest BCUT2D eigenvalue weighted by Crippen LogP contribution is -2.25. The largest absolute Gasteiger partial charge is 0.466 e. The summed E-state index contributed by atoms with van der Waals surface area (Å²) in [6.45, 7) is 1.54. The second kappa shape index (κ2) is 8.72. The van der Waals surface area contributed by atoms with Gasteiger partial charge in [-0.2, -0.15) is 5.26 Å². The topological polar surface area (TPSA) is 112 Å². The fourth-order valence-electron chi connectivity index (χ4n) is 3.16. The van der Waals surface area contributed by atoms with Crippen LogP contribution in [0.1, 0.15) is 28.8 Å². The van der Waals surface area contributed by atoms with E-state index < -0.39 is 17.9 Å². The number of carbonyl (C=O) groups is 2. The zero-order valence-electron chi connectivity index (χ0n) is 16.1. The van der Waals surface area contributed by atoms with Crippen LogP contribution in [-0.4, -0.2) is 19.0 Å². The molecule has 1 heterocycles. The molecule has 1 aliphatic rings. The summed E-state index contributed by atoms with van der Waals surface area (Å²) in [4.78, 5) is 25.2. The minimum atomic E-state index is -0.938. The summed E-state index contributed by atoms with van der Waals surface area (Å²) < 4.78 is 15.8. The van der Waals surface area contributed by atoms with E-state index in [4.69, 9.17) is 31.5 Å². The molecule has 30 heavy (non-hydrogen) atoms. The molecular weight excluding hydrogens is 408 g/mol. The average molecular weight is 425 g/mol. The number of rotatable bonds is 4. The number of nitrogens with zero attached hydrogens (tertiary/aromatic N) is 1. The number of hydrogen-bond donors (Lipinski definition) is 1. The number of ether oxygens (including phenoxy) is 3. The Kier molecular flexibility index (Phi) is 6.09. The second-order valence-corrected chi connectivity index (χ2v) is 6.70. The van der Waals surface area contributed by atoms with Gasteiger partial charge >= 0.3 is 11.9 Å². The molecule has 2 aromatic rings. The number of esters is 2. The van der Waals surface area contributed by atoms with Crippen molar-refractivity contribution in [2.24, 2.45) is 5.73 Å². The first-order chi connectivity index (χ1) is 14.4. The van der Waals surface area contributed by atoms with E-state index in [0.29, 0.717) is 5.56 Å². The monoisotopic (exact) mass is 424 g/mol. The summed E-state index contributed by atoms with van der Waals surface area (Å²) in [5.74, 6) is -2.12. The maximum Gasteiger partial charge on any atom is 0.345 e. The van der Waals surface area contributed by atoms with Crippen molar-refractivity contribution >= 4 is 23.5 Å². The molecule has 8 heteroatoms. The summed E-state index contributed by atoms with van der Waals surface area (Å²) in [6, 6.07) is 15.0. The highest BCUT2D eigenvalue weighted by Gasteiger charge is 2.37. The van der Waals surface area contributed by atoms with Crippen LogP contribution in [0.15, 0.2) is 71.3 Å². The maximum absolute atomic E-state index is 12.7. The van der Waals surface area contributed by atoms with Crippen LogP contribution in [0.25, 0.3) is 0 Å². The standard InChI is InChI=1S/C22H17ClN2O5/c1-12-18(22(27)28-2)19(15(11-24)20(25)29-12)14-8-4-6-10-17(14)30-21(26)13-7-3-5-9-16(13)23/h3-10,19H,25H2,1-2H3/t19-/m1/s1. The van der Waals surface area contributed by atoms with Crippen molar-refractivity contribution in [2.75, 3.05) is 7.11 Å². The summed E-state index contributed by atoms with van der Waals surface area (Å²) in [6.07, 6.45) is 0. The van der Waals surface area contributed by atoms with Crippen molar-refractivity contribution < 1.29 is 23.8 Å². The third-order valence-corrected chi connectivity index (χ3v) is 4.87. The first-order valence-corrected chi connectivity index (χ1v) is 9.19. The molecule has 0 saturated heterocycles. The number of carbonyl (C=O) groups excluding carboxylic acids is 2. The Morgan fingerprint density at radius 3 is 2.47 bits per heavy atom. The van der Waals surface area contributed by atoms with Gasteiger partial charge in [0.25, 0.3) is 0 Å². The van der Waals surface area contributed by atoms with Crippen molar-refractivity contribution in [3.05, 3.63) is 87.5 Å². The van der Waals surface area contributed by atoms with Gasteiger partial charge in [-0.1, -0.05) is 41.9 Å². The quantitative estimate of drug-likeness (QED) is 0.586. The van der Waals surface area contributed by atoms with Gasteiger partial charge in [0.2, 0.25) is 5.88 Å². The van der Waals surface area contributed by atoms with E-state index in [0.717, 1.165) is 0 Å². The number of methoxy groups -OCH3 is 1. The molecule has 7 nitrogen and oxygen atoms in total. The number of nitriles is 1. The summed E-state index contributed by atoms with van der Waals surface area (Å²) >= 11 is 6.09. The molecule has 0 amide bonds. The maximum atomic E-state index is 12.7. The van der Waals surface area contributed by atoms with Crippen LogP contribution in [0.4, 0.5) is 0 Å². The molecule has 3 rings (SSSR count). The highest BCUT2D eigenvalue weighted by molar-refractivity contribution is 6.33. The predicted octanol–water partition coefficient (Wildman–Crippen LogP) is 3.81. The van der Waals surface area contributed by atoms with Crippen molar-refractivity contribution in [3.63, 3.8) is 0 Å². The fourth-order valence-corrected chi connectivity index (χ4v) is 3.37. The van der Waals surface area contributed by atoms with Gasteiger partial charge in [0.15, 0.2) is 0 Å². The van der Waals surface area contributed by atoms with Gasteiger partial charge in [-0.15, -0.1) is 0 Å². The van der Waals surface area contributed by atoms with Crippen LogP contribution >= 0.6 is 11.6 Å². The molecule has 2 N–H and O–H groups in total. The molecule has 152 valence electrons. The van der Waals surface area contributed by atoms with Crippen molar-refractivity contribution in [2.45, 2.75) is 12.8 Å². The van der Waals surface area contributed by atoms with E-state index >= 15 is 0 Å². The number of para-hydroxylation sites is 1. The molecule has 1 aliphatic heterocycles. The molecular formula is C22H17ClN2O5. The van der Waals surface area contributed by atoms with Crippen LogP contribution in [0.3, 0.4) is 0 Å². The lowest BCUT2D eigenvalue weighted by atomic mass is 9.82. The Labute approximate surface area is 177 Å². The van der Waals surface area contributed by atoms with Crippen molar-refractivity contribution in [3.8, 4) is 11.8 Å². The minimum Gasteiger partial charge on any atom is -0.466 e. The van der Waals surface area contributed by atoms with E-state index in [9.17, 15) is 14.9 Å². The van der Waals surface area contributed by atoms with Gasteiger partial charge < -0.3 is 19.9 Å². The van der Waals surface area contributed by atoms with E-state index in [1.807, 2.05) is 6.07 Å². The number of hydrogen-bond acceptors (Lipinski definition) is 7. The smallest absolute Gasteiger partial charge is 0.345 e. The summed E-state index contributed by atoms with van der Waals surface area (Å²) in [5, 5.41) is 9.91. The zero-order chi connectivity index (χ0) is 21.8. The summed E-state index contributed by atoms with van der Waals surface area (Å²) in [7, 11) is 1.22. The van der Waals surface area contributed by atoms with Gasteiger partial charge in [0.05, 0.1) is 29.2 Å². The minimum absolute atomic E-state index is 0.00208. The molecule has 2 aromatic carbocycles. The van der Waals surface area contributed by atoms with Gasteiger partial charge in [-0.05, 0) is 25.1 Å². The van der Waals surface area contributed by atoms with Crippen LogP contribution in [0.2, 0.25) is 5.02 Å². The predicted molar refractivity (Wildman–Crippen MR) is 108 cm³/mol. The van der Waals surface area contributed by atoms with Crippen LogP contribution < -0.4 is 10.5 Å². The van der Waals surface area contributed by atoms with Gasteiger partial charge in [0.1, 0.15) is 23.2 Å². The molecule has 0 unspecified atom stereocenters. The van der Waals surface area contributed by atoms with Gasteiger partial charge in [-0.25, -0.2) is 9.59 Å².